The van der Waals surface area contributed by atoms with Gasteiger partial charge in [0.15, 0.2) is 0 Å². The fourth-order valence-electron chi connectivity index (χ4n) is 2.90. The highest BCUT2D eigenvalue weighted by molar-refractivity contribution is 5.82. The van der Waals surface area contributed by atoms with Gasteiger partial charge in [-0.15, -0.1) is 0 Å². The van der Waals surface area contributed by atoms with Crippen molar-refractivity contribution in [2.24, 2.45) is 5.41 Å². The molecule has 5 nitrogen and oxygen atoms in total. The summed E-state index contributed by atoms with van der Waals surface area (Å²) >= 11 is 0. The van der Waals surface area contributed by atoms with Gasteiger partial charge in [-0.25, -0.2) is 0 Å². The van der Waals surface area contributed by atoms with Gasteiger partial charge in [0.2, 0.25) is 11.8 Å². The molecular formula is C14H25N3O2. The SMILES string of the molecule is CC(=O)N1CCC(NC(=O)C2(C)CCNCC2)CC1. The number of carbonyl (C=O) groups excluding carboxylic acids is 2. The van der Waals surface area contributed by atoms with E-state index in [1.54, 1.807) is 6.92 Å². The summed E-state index contributed by atoms with van der Waals surface area (Å²) in [6.45, 7) is 7.04. The van der Waals surface area contributed by atoms with E-state index in [1.807, 2.05) is 4.90 Å². The first-order valence-corrected chi connectivity index (χ1v) is 7.28. The number of hydrogen-bond acceptors (Lipinski definition) is 3. The number of nitrogens with one attached hydrogen (secondary N) is 2. The summed E-state index contributed by atoms with van der Waals surface area (Å²) in [7, 11) is 0. The summed E-state index contributed by atoms with van der Waals surface area (Å²) in [6, 6.07) is 0.231. The van der Waals surface area contributed by atoms with Crippen LogP contribution in [0.25, 0.3) is 0 Å². The van der Waals surface area contributed by atoms with Crippen molar-refractivity contribution in [3.63, 3.8) is 0 Å². The Balaban J connectivity index is 1.82. The predicted octanol–water partition coefficient (Wildman–Crippen LogP) is 0.503. The van der Waals surface area contributed by atoms with Gasteiger partial charge >= 0.3 is 0 Å². The minimum atomic E-state index is -0.219. The molecule has 2 heterocycles. The first kappa shape index (κ1) is 14.3. The van der Waals surface area contributed by atoms with Crippen LogP contribution in [0.15, 0.2) is 0 Å². The number of carbonyl (C=O) groups is 2. The molecule has 0 saturated carbocycles. The van der Waals surface area contributed by atoms with Gasteiger partial charge < -0.3 is 15.5 Å². The largest absolute Gasteiger partial charge is 0.353 e. The molecule has 108 valence electrons. The molecule has 0 aromatic rings. The Morgan fingerprint density at radius 2 is 1.79 bits per heavy atom. The monoisotopic (exact) mass is 267 g/mol. The van der Waals surface area contributed by atoms with E-state index >= 15 is 0 Å². The van der Waals surface area contributed by atoms with Gasteiger partial charge in [0.05, 0.1) is 0 Å². The van der Waals surface area contributed by atoms with Crippen molar-refractivity contribution in [3.8, 4) is 0 Å². The normalized spacial score (nSPS) is 24.0. The van der Waals surface area contributed by atoms with E-state index in [9.17, 15) is 9.59 Å². The highest BCUT2D eigenvalue weighted by Gasteiger charge is 2.36. The lowest BCUT2D eigenvalue weighted by atomic mass is 9.80. The number of amides is 2. The molecule has 0 radical (unpaired) electrons. The van der Waals surface area contributed by atoms with Gasteiger partial charge in [-0.2, -0.15) is 0 Å². The van der Waals surface area contributed by atoms with E-state index in [0.717, 1.165) is 51.9 Å². The minimum Gasteiger partial charge on any atom is -0.353 e. The highest BCUT2D eigenvalue weighted by Crippen LogP contribution is 2.28. The van der Waals surface area contributed by atoms with Crippen LogP contribution in [-0.2, 0) is 9.59 Å². The molecule has 0 aromatic heterocycles. The molecule has 0 unspecified atom stereocenters. The zero-order chi connectivity index (χ0) is 13.9. The molecule has 2 aliphatic heterocycles. The van der Waals surface area contributed by atoms with Crippen LogP contribution in [0.1, 0.15) is 39.5 Å². The van der Waals surface area contributed by atoms with E-state index in [-0.39, 0.29) is 23.3 Å². The summed E-state index contributed by atoms with van der Waals surface area (Å²) in [5, 5.41) is 6.48. The molecule has 5 heteroatoms. The van der Waals surface area contributed by atoms with Crippen LogP contribution in [0.2, 0.25) is 0 Å². The second-order valence-electron chi connectivity index (χ2n) is 6.06. The van der Waals surface area contributed by atoms with E-state index in [0.29, 0.717) is 0 Å². The van der Waals surface area contributed by atoms with Crippen molar-refractivity contribution < 1.29 is 9.59 Å². The Labute approximate surface area is 115 Å². The maximum atomic E-state index is 12.4. The fraction of sp³-hybridized carbons (Fsp3) is 0.857. The summed E-state index contributed by atoms with van der Waals surface area (Å²) in [6.07, 6.45) is 3.57. The smallest absolute Gasteiger partial charge is 0.226 e. The molecule has 0 bridgehead atoms. The number of likely N-dealkylation sites (tertiary alicyclic amines) is 1. The second-order valence-corrected chi connectivity index (χ2v) is 6.06. The van der Waals surface area contributed by atoms with Crippen molar-refractivity contribution in [2.75, 3.05) is 26.2 Å². The summed E-state index contributed by atoms with van der Waals surface area (Å²) < 4.78 is 0. The molecule has 0 aliphatic carbocycles. The number of hydrogen-bond donors (Lipinski definition) is 2. The quantitative estimate of drug-likeness (QED) is 0.766. The Bertz CT molecular complexity index is 343. The van der Waals surface area contributed by atoms with E-state index in [2.05, 4.69) is 17.6 Å². The topological polar surface area (TPSA) is 61.4 Å². The lowest BCUT2D eigenvalue weighted by Crippen LogP contribution is -2.51. The molecule has 2 amide bonds. The lowest BCUT2D eigenvalue weighted by Gasteiger charge is -2.36. The maximum absolute atomic E-state index is 12.4. The fourth-order valence-corrected chi connectivity index (χ4v) is 2.90. The predicted molar refractivity (Wildman–Crippen MR) is 73.6 cm³/mol. The second kappa shape index (κ2) is 5.90. The lowest BCUT2D eigenvalue weighted by molar-refractivity contribution is -0.133. The minimum absolute atomic E-state index is 0.134. The van der Waals surface area contributed by atoms with Crippen LogP contribution in [0.5, 0.6) is 0 Å². The van der Waals surface area contributed by atoms with Crippen molar-refractivity contribution in [2.45, 2.75) is 45.6 Å². The average molecular weight is 267 g/mol. The Morgan fingerprint density at radius 3 is 2.32 bits per heavy atom. The molecule has 0 spiro atoms. The van der Waals surface area contributed by atoms with Gasteiger partial charge in [0.25, 0.3) is 0 Å². The Hall–Kier alpha value is -1.10. The molecule has 2 rings (SSSR count). The molecule has 2 saturated heterocycles. The molecule has 2 fully saturated rings. The van der Waals surface area contributed by atoms with Crippen molar-refractivity contribution in [3.05, 3.63) is 0 Å². The Morgan fingerprint density at radius 1 is 1.21 bits per heavy atom. The molecule has 0 atom stereocenters. The summed E-state index contributed by atoms with van der Waals surface area (Å²) in [5.41, 5.74) is -0.219. The first-order chi connectivity index (χ1) is 9.01. The molecular weight excluding hydrogens is 242 g/mol. The highest BCUT2D eigenvalue weighted by atomic mass is 16.2. The summed E-state index contributed by atoms with van der Waals surface area (Å²) in [5.74, 6) is 0.324. The van der Waals surface area contributed by atoms with Crippen LogP contribution in [0.4, 0.5) is 0 Å². The first-order valence-electron chi connectivity index (χ1n) is 7.28. The third kappa shape index (κ3) is 3.47. The molecule has 2 N–H and O–H groups in total. The van der Waals surface area contributed by atoms with Crippen LogP contribution in [0, 0.1) is 5.41 Å². The number of piperidine rings is 2. The van der Waals surface area contributed by atoms with Crippen molar-refractivity contribution in [1.82, 2.24) is 15.5 Å². The molecule has 0 aromatic carbocycles. The van der Waals surface area contributed by atoms with Gasteiger partial charge in [0.1, 0.15) is 0 Å². The van der Waals surface area contributed by atoms with E-state index in [1.165, 1.54) is 0 Å². The Kier molecular flexibility index (Phi) is 4.45. The van der Waals surface area contributed by atoms with Crippen LogP contribution < -0.4 is 10.6 Å². The van der Waals surface area contributed by atoms with Gasteiger partial charge in [-0.1, -0.05) is 6.92 Å². The third-order valence-electron chi connectivity index (χ3n) is 4.53. The third-order valence-corrected chi connectivity index (χ3v) is 4.53. The van der Waals surface area contributed by atoms with Gasteiger partial charge in [0, 0.05) is 31.5 Å². The van der Waals surface area contributed by atoms with E-state index < -0.39 is 0 Å². The van der Waals surface area contributed by atoms with Crippen LogP contribution in [-0.4, -0.2) is 48.9 Å². The zero-order valence-electron chi connectivity index (χ0n) is 12.0. The van der Waals surface area contributed by atoms with Crippen LogP contribution >= 0.6 is 0 Å². The zero-order valence-corrected chi connectivity index (χ0v) is 12.0. The van der Waals surface area contributed by atoms with E-state index in [4.69, 9.17) is 0 Å². The summed E-state index contributed by atoms with van der Waals surface area (Å²) in [4.78, 5) is 25.5. The average Bonchev–Trinajstić information content (AvgIpc) is 2.40. The number of nitrogens with zero attached hydrogens (tertiary/aromatic N) is 1. The van der Waals surface area contributed by atoms with Gasteiger partial charge in [-0.3, -0.25) is 9.59 Å². The molecule has 19 heavy (non-hydrogen) atoms. The van der Waals surface area contributed by atoms with Crippen molar-refractivity contribution in [1.29, 1.82) is 0 Å². The van der Waals surface area contributed by atoms with Crippen molar-refractivity contribution >= 4 is 11.8 Å². The van der Waals surface area contributed by atoms with Gasteiger partial charge in [-0.05, 0) is 38.8 Å². The maximum Gasteiger partial charge on any atom is 0.226 e. The molecule has 2 aliphatic rings. The standard InChI is InChI=1S/C14H25N3O2/c1-11(18)17-9-3-12(4-10-17)16-13(19)14(2)5-7-15-8-6-14/h12,15H,3-10H2,1-2H3,(H,16,19). The van der Waals surface area contributed by atoms with Crippen LogP contribution in [0.3, 0.4) is 0 Å². The number of rotatable bonds is 2.